The predicted octanol–water partition coefficient (Wildman–Crippen LogP) is 7.13. The summed E-state index contributed by atoms with van der Waals surface area (Å²) in [6.45, 7) is 22.6. The van der Waals surface area contributed by atoms with Crippen molar-refractivity contribution in [3.05, 3.63) is 113 Å². The van der Waals surface area contributed by atoms with E-state index < -0.39 is 171 Å². The van der Waals surface area contributed by atoms with Crippen molar-refractivity contribution in [1.82, 2.24) is 58.2 Å². The lowest BCUT2D eigenvalue weighted by atomic mass is 9.77. The van der Waals surface area contributed by atoms with Crippen molar-refractivity contribution in [3.8, 4) is 5.75 Å². The molecule has 1 fully saturated rings. The van der Waals surface area contributed by atoms with E-state index in [1.165, 1.54) is 20.8 Å². The van der Waals surface area contributed by atoms with E-state index in [2.05, 4.69) is 78.9 Å². The molecule has 0 saturated carbocycles. The summed E-state index contributed by atoms with van der Waals surface area (Å²) in [5.41, 5.74) is 25.2. The summed E-state index contributed by atoms with van der Waals surface area (Å²) in [5.74, 6) is -12.2. The van der Waals surface area contributed by atoms with E-state index in [0.717, 1.165) is 69.6 Å². The summed E-state index contributed by atoms with van der Waals surface area (Å²) in [6.07, 6.45) is 3.15. The number of aromatic amines is 1. The van der Waals surface area contributed by atoms with E-state index in [4.69, 9.17) is 27.7 Å². The monoisotopic (exact) mass is 1840 g/mol. The van der Waals surface area contributed by atoms with E-state index in [0.29, 0.717) is 91.8 Å². The molecule has 4 aromatic carbocycles. The van der Waals surface area contributed by atoms with E-state index in [-0.39, 0.29) is 107 Å². The molecule has 6 rings (SSSR count). The third kappa shape index (κ3) is 35.5. The largest absolute Gasteiger partial charge is 0.492 e. The van der Waals surface area contributed by atoms with Crippen LogP contribution in [0.3, 0.4) is 0 Å². The molecule has 0 bridgehead atoms. The van der Waals surface area contributed by atoms with Gasteiger partial charge in [0.25, 0.3) is 0 Å². The summed E-state index contributed by atoms with van der Waals surface area (Å²) in [6, 6.07) is 12.8. The number of aliphatic hydroxyl groups excluding tert-OH is 1. The van der Waals surface area contributed by atoms with Gasteiger partial charge in [0.05, 0.1) is 30.0 Å². The van der Waals surface area contributed by atoms with Crippen LogP contribution in [-0.4, -0.2) is 201 Å². The van der Waals surface area contributed by atoms with Gasteiger partial charge in [-0.15, -0.1) is 0 Å². The number of para-hydroxylation sites is 1. The molecular formula is C96H143N15O17S2. The highest BCUT2D eigenvalue weighted by Gasteiger charge is 2.47. The Labute approximate surface area is 772 Å². The molecular weight excluding hydrogens is 1700 g/mol. The summed E-state index contributed by atoms with van der Waals surface area (Å²) in [7, 11) is 1.98. The van der Waals surface area contributed by atoms with Crippen LogP contribution in [0.2, 0.25) is 0 Å². The number of hydrogen-bond donors (Lipinski definition) is 16. The number of ketones is 4. The van der Waals surface area contributed by atoms with E-state index in [9.17, 15) is 48.3 Å². The van der Waals surface area contributed by atoms with Crippen molar-refractivity contribution in [2.24, 2.45) is 46.1 Å². The van der Waals surface area contributed by atoms with Crippen molar-refractivity contribution < 1.29 is 81.8 Å². The van der Waals surface area contributed by atoms with Crippen LogP contribution < -0.4 is 80.8 Å². The molecule has 20 N–H and O–H groups in total. The maximum Gasteiger partial charge on any atom is 0.245 e. The quantitative estimate of drug-likeness (QED) is 0.0136. The van der Waals surface area contributed by atoms with Gasteiger partial charge in [-0.2, -0.15) is 0 Å². The number of ether oxygens (including phenoxy) is 1. The zero-order valence-corrected chi connectivity index (χ0v) is 79.7. The number of fused-ring (bicyclic) bond motifs is 2. The number of rotatable bonds is 51. The van der Waals surface area contributed by atoms with Gasteiger partial charge < -0.3 is 95.7 Å². The number of aromatic nitrogens is 1. The number of amides is 11. The number of unbranched alkanes of at least 4 members (excludes halogenated alkanes) is 4. The number of carbonyl (C=O) groups is 15. The smallest absolute Gasteiger partial charge is 0.245 e. The number of carbonyl (C=O) groups excluding carboxylic acids is 15. The molecule has 2 heterocycles. The summed E-state index contributed by atoms with van der Waals surface area (Å²) >= 11 is 0. The SMILES string of the molecule is CCC[C@@H](CC(C)C)NC[C@H](CC(N)=O)CC(=O)[C@H](CCCCNC(C)=O)NC(=O)[C@](C)(CCCCN)CC(=O)[C@H](Cc1ccc2ccccc2c1)NC(=O)[C@@H](CC(=O)[C@H]1NC(=O)[C@H](CCCCCC(C)=O)NC(=O)[C@H](Cc2c[nH]c3c(CC)cccc23)NC(=O)[C@H]([C@@H](C)O)NC(=O)[C@H](CC(N)=O)NC(=O)[C@@H](NC(C)=O)C(C)(C)SSC1(C)C)Cc1ccc(OCCN)cc1. The number of Topliss-reactive ketones (excluding diaryl/α,β-unsaturated/α-hetero) is 4. The highest BCUT2D eigenvalue weighted by molar-refractivity contribution is 8.77. The first-order chi connectivity index (χ1) is 61.5. The molecule has 0 radical (unpaired) electrons. The van der Waals surface area contributed by atoms with Crippen molar-refractivity contribution in [2.75, 3.05) is 32.8 Å². The molecule has 130 heavy (non-hydrogen) atoms. The number of aryl methyl sites for hydroxylation is 1. The van der Waals surface area contributed by atoms with Crippen LogP contribution in [0.4, 0.5) is 0 Å². The molecule has 1 aliphatic rings. The van der Waals surface area contributed by atoms with Gasteiger partial charge in [0.1, 0.15) is 54.4 Å². The number of aliphatic hydroxyl groups is 1. The third-order valence-electron chi connectivity index (χ3n) is 23.6. The van der Waals surface area contributed by atoms with Crippen LogP contribution >= 0.6 is 21.6 Å². The van der Waals surface area contributed by atoms with Crippen LogP contribution in [0.15, 0.2) is 91.1 Å². The van der Waals surface area contributed by atoms with Gasteiger partial charge in [0.2, 0.25) is 65.0 Å². The Kier molecular flexibility index (Phi) is 44.6. The molecule has 11 amide bonds. The normalized spacial score (nSPS) is 19.5. The Hall–Kier alpha value is -10.1. The van der Waals surface area contributed by atoms with Gasteiger partial charge in [0, 0.05) is 104 Å². The lowest BCUT2D eigenvalue weighted by Crippen LogP contribution is -2.63. The first-order valence-corrected chi connectivity index (χ1v) is 47.9. The Morgan fingerprint density at radius 2 is 1.29 bits per heavy atom. The van der Waals surface area contributed by atoms with Crippen LogP contribution in [0.1, 0.15) is 234 Å². The molecule has 1 saturated heterocycles. The molecule has 716 valence electrons. The van der Waals surface area contributed by atoms with Gasteiger partial charge in [0.15, 0.2) is 17.3 Å². The highest BCUT2D eigenvalue weighted by Crippen LogP contribution is 2.47. The zero-order valence-electron chi connectivity index (χ0n) is 78.1. The number of benzene rings is 4. The van der Waals surface area contributed by atoms with E-state index >= 15 is 28.8 Å². The minimum Gasteiger partial charge on any atom is -0.492 e. The van der Waals surface area contributed by atoms with Crippen LogP contribution in [-0.2, 0) is 97.6 Å². The number of nitrogens with one attached hydrogen (secondary N) is 11. The van der Waals surface area contributed by atoms with E-state index in [1.54, 1.807) is 65.1 Å². The first-order valence-electron chi connectivity index (χ1n) is 45.7. The molecule has 1 aliphatic heterocycles. The van der Waals surface area contributed by atoms with Crippen molar-refractivity contribution in [3.63, 3.8) is 0 Å². The van der Waals surface area contributed by atoms with Crippen molar-refractivity contribution in [1.29, 1.82) is 0 Å². The Balaban J connectivity index is 1.54. The molecule has 0 aliphatic carbocycles. The lowest BCUT2D eigenvalue weighted by Gasteiger charge is -2.39. The van der Waals surface area contributed by atoms with Gasteiger partial charge in [-0.3, -0.25) is 67.1 Å². The Morgan fingerprint density at radius 3 is 1.93 bits per heavy atom. The van der Waals surface area contributed by atoms with Gasteiger partial charge in [-0.05, 0) is 189 Å². The van der Waals surface area contributed by atoms with Crippen molar-refractivity contribution in [2.45, 2.75) is 308 Å². The number of H-pyrrole nitrogens is 1. The fraction of sp³-hybridized carbons (Fsp3) is 0.594. The minimum atomic E-state index is -1.89. The number of primary amides is 2. The molecule has 32 nitrogen and oxygen atoms in total. The minimum absolute atomic E-state index is 0.0806. The average Bonchev–Trinajstić information content (AvgIpc) is 1.80. The molecule has 34 heteroatoms. The maximum absolute atomic E-state index is 16.5. The number of nitrogens with two attached hydrogens (primary N) is 4. The Morgan fingerprint density at radius 1 is 0.623 bits per heavy atom. The fourth-order valence-electron chi connectivity index (χ4n) is 16.4. The van der Waals surface area contributed by atoms with Crippen LogP contribution in [0.25, 0.3) is 21.7 Å². The molecule has 13 atom stereocenters. The molecule has 5 aromatic rings. The summed E-state index contributed by atoms with van der Waals surface area (Å²) in [4.78, 5) is 222. The second-order valence-electron chi connectivity index (χ2n) is 36.5. The topological polar surface area (TPSA) is 526 Å². The summed E-state index contributed by atoms with van der Waals surface area (Å²) in [5, 5.41) is 42.4. The molecule has 0 unspecified atom stereocenters. The predicted molar refractivity (Wildman–Crippen MR) is 507 cm³/mol. The average molecular weight is 1840 g/mol. The standard InChI is InChI=1S/C96H143N15O17S2/c1-14-26-70(45-57(3)4)102-55-64(50-81(99)119)49-78(116)73(32-21-24-43-101-60(7)114)109-93(127)96(13,40-22-23-41-97)54-80(118)75(48-63-34-37-66-28-19-20-29-67(66)47-63)106-87(121)68(46-62-35-38-71(39-36-62)128-44-42-98)52-79(117)85-94(9,10)129-130-95(11,12)86(104-61(8)115)92(126)108-77(53-82(100)120)90(124)110-83(59(6)113)91(125)107-76(51-69-56-103-84-65(15-2)30-25-31-72(69)84)89(123)105-74(88(122)111-85)33-18-16-17-27-58(5)112/h19-20,25,28-31,34-39,47,56-57,59,64,68,70,73-77,83,85-86,102-103,113H,14-18,21-24,26-27,32-33,40-46,48-55,97-98H2,1-13H3,(H2,99,119)(H2,100,120)(H,101,114)(H,104,115)(H,105,123)(H,106,121)(H,107,125)(H,108,126)(H,109,127)(H,110,124)(H,111,122)/t59-,64+,68-,70+,73+,74+,75+,76+,77+,83+,85-,86-,96-/m1/s1. The van der Waals surface area contributed by atoms with Crippen LogP contribution in [0, 0.1) is 23.2 Å². The van der Waals surface area contributed by atoms with Gasteiger partial charge in [-0.1, -0.05) is 155 Å². The van der Waals surface area contributed by atoms with Gasteiger partial charge >= 0.3 is 0 Å². The van der Waals surface area contributed by atoms with Gasteiger partial charge in [-0.25, -0.2) is 0 Å². The highest BCUT2D eigenvalue weighted by atomic mass is 33.1. The lowest BCUT2D eigenvalue weighted by molar-refractivity contribution is -0.139. The third-order valence-corrected chi connectivity index (χ3v) is 27.8. The second-order valence-corrected chi connectivity index (χ2v) is 40.0. The summed E-state index contributed by atoms with van der Waals surface area (Å²) < 4.78 is 2.81. The second kappa shape index (κ2) is 53.4. The van der Waals surface area contributed by atoms with E-state index in [1.807, 2.05) is 67.6 Å². The Bertz CT molecular complexity index is 4670. The fourth-order valence-corrected chi connectivity index (χ4v) is 19.2. The van der Waals surface area contributed by atoms with Crippen molar-refractivity contribution >= 4 is 131 Å². The maximum atomic E-state index is 16.5. The first kappa shape index (κ1) is 109. The zero-order chi connectivity index (χ0) is 96.2. The number of hydrogen-bond acceptors (Lipinski definition) is 22. The molecule has 1 aromatic heterocycles. The van der Waals surface area contributed by atoms with Crippen LogP contribution in [0.5, 0.6) is 5.75 Å². The molecule has 0 spiro atoms.